The molecule has 0 N–H and O–H groups in total. The first-order chi connectivity index (χ1) is 13.4. The van der Waals surface area contributed by atoms with Gasteiger partial charge in [0.25, 0.3) is 0 Å². The Morgan fingerprint density at radius 1 is 1.25 bits per heavy atom. The number of halogens is 1. The van der Waals surface area contributed by atoms with Crippen LogP contribution in [0.3, 0.4) is 0 Å². The first-order valence-electron chi connectivity index (χ1n) is 9.32. The zero-order chi connectivity index (χ0) is 20.0. The fraction of sp³-hybridized carbons (Fsp3) is 0.381. The fourth-order valence-corrected chi connectivity index (χ4v) is 3.73. The highest BCUT2D eigenvalue weighted by Gasteiger charge is 2.28. The minimum Gasteiger partial charge on any atom is -0.465 e. The first-order valence-corrected chi connectivity index (χ1v) is 9.32. The number of amides is 1. The number of rotatable bonds is 3. The summed E-state index contributed by atoms with van der Waals surface area (Å²) in [6.07, 6.45) is 5.83. The van der Waals surface area contributed by atoms with Crippen LogP contribution in [0.4, 0.5) is 4.39 Å². The summed E-state index contributed by atoms with van der Waals surface area (Å²) in [5.41, 5.74) is 1.28. The van der Waals surface area contributed by atoms with Crippen LogP contribution in [0.25, 0.3) is 16.5 Å². The number of esters is 1. The molecule has 0 radical (unpaired) electrons. The highest BCUT2D eigenvalue weighted by Crippen LogP contribution is 2.38. The largest absolute Gasteiger partial charge is 0.465 e. The molecular weight excluding hydrogens is 363 g/mol. The third-order valence-electron chi connectivity index (χ3n) is 5.47. The highest BCUT2D eigenvalue weighted by atomic mass is 19.1. The van der Waals surface area contributed by atoms with Gasteiger partial charge in [0.15, 0.2) is 0 Å². The molecule has 0 spiro atoms. The molecule has 2 heterocycles. The maximum Gasteiger partial charge on any atom is 0.343 e. The molecule has 4 rings (SSSR count). The average molecular weight is 384 g/mol. The lowest BCUT2D eigenvalue weighted by atomic mass is 9.96. The van der Waals surface area contributed by atoms with Gasteiger partial charge in [0.2, 0.25) is 11.3 Å². The van der Waals surface area contributed by atoms with Crippen LogP contribution in [-0.2, 0) is 9.53 Å². The highest BCUT2D eigenvalue weighted by molar-refractivity contribution is 5.94. The van der Waals surface area contributed by atoms with Crippen LogP contribution in [0.2, 0.25) is 0 Å². The van der Waals surface area contributed by atoms with Crippen LogP contribution in [0.15, 0.2) is 29.2 Å². The van der Waals surface area contributed by atoms with Crippen molar-refractivity contribution in [2.75, 3.05) is 20.2 Å². The summed E-state index contributed by atoms with van der Waals surface area (Å²) in [5.74, 6) is -1.23. The van der Waals surface area contributed by atoms with Gasteiger partial charge in [0.1, 0.15) is 11.4 Å². The molecule has 1 fully saturated rings. The van der Waals surface area contributed by atoms with Gasteiger partial charge >= 0.3 is 5.97 Å². The number of aromatic nitrogens is 1. The molecule has 0 bridgehead atoms. The van der Waals surface area contributed by atoms with Crippen molar-refractivity contribution >= 4 is 28.4 Å². The standard InChI is InChI=1S/C21H21FN2O4/c1-12(25)23-7-5-13(6-8-23)15-10-19-16(9-18(15)22)20(26)17(21(27)28-2)11-24(19)14-3-4-14/h5,9-11,14H,3-4,6-8H2,1-2H3. The van der Waals surface area contributed by atoms with Crippen LogP contribution in [-0.4, -0.2) is 41.5 Å². The van der Waals surface area contributed by atoms with Crippen molar-refractivity contribution in [3.8, 4) is 0 Å². The monoisotopic (exact) mass is 384 g/mol. The number of benzene rings is 1. The molecule has 1 aliphatic heterocycles. The summed E-state index contributed by atoms with van der Waals surface area (Å²) in [5, 5.41) is 0.179. The predicted molar refractivity (Wildman–Crippen MR) is 103 cm³/mol. The summed E-state index contributed by atoms with van der Waals surface area (Å²) < 4.78 is 21.5. The number of carbonyl (C=O) groups excluding carboxylic acids is 2. The number of hydrogen-bond donors (Lipinski definition) is 0. The van der Waals surface area contributed by atoms with E-state index in [0.717, 1.165) is 18.4 Å². The Labute approximate surface area is 161 Å². The normalized spacial score (nSPS) is 16.8. The zero-order valence-electron chi connectivity index (χ0n) is 15.8. The first kappa shape index (κ1) is 18.4. The number of methoxy groups -OCH3 is 1. The Balaban J connectivity index is 1.87. The van der Waals surface area contributed by atoms with E-state index < -0.39 is 17.2 Å². The fourth-order valence-electron chi connectivity index (χ4n) is 3.73. The van der Waals surface area contributed by atoms with Crippen molar-refractivity contribution in [2.45, 2.75) is 32.2 Å². The lowest BCUT2D eigenvalue weighted by molar-refractivity contribution is -0.128. The molecular formula is C21H21FN2O4. The average Bonchev–Trinajstić information content (AvgIpc) is 3.53. The smallest absolute Gasteiger partial charge is 0.343 e. The van der Waals surface area contributed by atoms with Gasteiger partial charge in [-0.05, 0) is 37.0 Å². The van der Waals surface area contributed by atoms with Crippen LogP contribution >= 0.6 is 0 Å². The van der Waals surface area contributed by atoms with Crippen LogP contribution < -0.4 is 5.43 Å². The van der Waals surface area contributed by atoms with Crippen molar-refractivity contribution in [1.82, 2.24) is 9.47 Å². The van der Waals surface area contributed by atoms with Crippen molar-refractivity contribution in [1.29, 1.82) is 0 Å². The molecule has 0 atom stereocenters. The number of carbonyl (C=O) groups is 2. The minimum absolute atomic E-state index is 0.00723. The van der Waals surface area contributed by atoms with E-state index in [1.807, 2.05) is 10.6 Å². The molecule has 28 heavy (non-hydrogen) atoms. The van der Waals surface area contributed by atoms with E-state index in [0.29, 0.717) is 30.6 Å². The Kier molecular flexibility index (Phi) is 4.53. The molecule has 146 valence electrons. The maximum absolute atomic E-state index is 14.9. The van der Waals surface area contributed by atoms with Crippen LogP contribution in [0, 0.1) is 5.82 Å². The number of nitrogens with zero attached hydrogens (tertiary/aromatic N) is 2. The van der Waals surface area contributed by atoms with Gasteiger partial charge in [-0.15, -0.1) is 0 Å². The Morgan fingerprint density at radius 3 is 2.57 bits per heavy atom. The van der Waals surface area contributed by atoms with Gasteiger partial charge in [-0.1, -0.05) is 6.08 Å². The summed E-state index contributed by atoms with van der Waals surface area (Å²) in [6, 6.07) is 3.11. The Morgan fingerprint density at radius 2 is 2.00 bits per heavy atom. The van der Waals surface area contributed by atoms with E-state index in [1.54, 1.807) is 11.0 Å². The molecule has 1 aliphatic carbocycles. The molecule has 1 aromatic heterocycles. The maximum atomic E-state index is 14.9. The lowest BCUT2D eigenvalue weighted by Crippen LogP contribution is -2.32. The third kappa shape index (κ3) is 3.10. The van der Waals surface area contributed by atoms with E-state index in [4.69, 9.17) is 4.74 Å². The number of hydrogen-bond acceptors (Lipinski definition) is 4. The third-order valence-corrected chi connectivity index (χ3v) is 5.47. The molecule has 0 saturated heterocycles. The second kappa shape index (κ2) is 6.89. The number of fused-ring (bicyclic) bond motifs is 1. The summed E-state index contributed by atoms with van der Waals surface area (Å²) >= 11 is 0. The molecule has 0 unspecified atom stereocenters. The summed E-state index contributed by atoms with van der Waals surface area (Å²) in [4.78, 5) is 37.9. The predicted octanol–water partition coefficient (Wildman–Crippen LogP) is 2.90. The van der Waals surface area contributed by atoms with Crippen LogP contribution in [0.5, 0.6) is 0 Å². The quantitative estimate of drug-likeness (QED) is 0.763. The molecule has 1 amide bonds. The molecule has 1 aromatic carbocycles. The molecule has 2 aromatic rings. The summed E-state index contributed by atoms with van der Waals surface area (Å²) in [7, 11) is 1.22. The molecule has 2 aliphatic rings. The Bertz CT molecular complexity index is 1080. The van der Waals surface area contributed by atoms with Gasteiger partial charge in [-0.25, -0.2) is 9.18 Å². The number of ether oxygens (including phenoxy) is 1. The SMILES string of the molecule is COC(=O)c1cn(C2CC2)c2cc(C3=CCN(C(C)=O)CC3)c(F)cc2c1=O. The zero-order valence-corrected chi connectivity index (χ0v) is 15.8. The van der Waals surface area contributed by atoms with Crippen molar-refractivity contribution in [3.63, 3.8) is 0 Å². The topological polar surface area (TPSA) is 68.6 Å². The van der Waals surface area contributed by atoms with E-state index >= 15 is 0 Å². The van der Waals surface area contributed by atoms with Gasteiger partial charge in [0.05, 0.1) is 12.6 Å². The summed E-state index contributed by atoms with van der Waals surface area (Å²) in [6.45, 7) is 2.50. The van der Waals surface area contributed by atoms with E-state index in [2.05, 4.69) is 0 Å². The molecule has 7 heteroatoms. The Hall–Kier alpha value is -2.96. The van der Waals surface area contributed by atoms with Crippen LogP contribution in [0.1, 0.15) is 48.1 Å². The second-order valence-corrected chi connectivity index (χ2v) is 7.30. The van der Waals surface area contributed by atoms with E-state index in [9.17, 15) is 18.8 Å². The van der Waals surface area contributed by atoms with Gasteiger partial charge < -0.3 is 14.2 Å². The van der Waals surface area contributed by atoms with Crippen molar-refractivity contribution < 1.29 is 18.7 Å². The van der Waals surface area contributed by atoms with Gasteiger partial charge in [-0.2, -0.15) is 0 Å². The second-order valence-electron chi connectivity index (χ2n) is 7.30. The van der Waals surface area contributed by atoms with Crippen molar-refractivity contribution in [2.24, 2.45) is 0 Å². The lowest BCUT2D eigenvalue weighted by Gasteiger charge is -2.26. The minimum atomic E-state index is -0.718. The molecule has 6 nitrogen and oxygen atoms in total. The van der Waals surface area contributed by atoms with E-state index in [1.165, 1.54) is 26.3 Å². The molecule has 1 saturated carbocycles. The van der Waals surface area contributed by atoms with Gasteiger partial charge in [-0.3, -0.25) is 9.59 Å². The van der Waals surface area contributed by atoms with E-state index in [-0.39, 0.29) is 22.9 Å². The number of pyridine rings is 1. The van der Waals surface area contributed by atoms with Gasteiger partial charge in [0, 0.05) is 43.2 Å². The van der Waals surface area contributed by atoms with Crippen molar-refractivity contribution in [3.05, 3.63) is 51.6 Å².